The maximum Gasteiger partial charge on any atom is 0.0793 e. The molecule has 1 saturated heterocycles. The predicted octanol–water partition coefficient (Wildman–Crippen LogP) is 0.375. The second-order valence-electron chi connectivity index (χ2n) is 5.01. The SMILES string of the molecule is CCCN(CCC)CC(O)CN1CCNCC1. The van der Waals surface area contributed by atoms with Crippen molar-refractivity contribution in [2.24, 2.45) is 0 Å². The number of rotatable bonds is 8. The molecule has 1 aliphatic rings. The lowest BCUT2D eigenvalue weighted by Crippen LogP contribution is -2.48. The summed E-state index contributed by atoms with van der Waals surface area (Å²) in [6.45, 7) is 12.5. The van der Waals surface area contributed by atoms with Gasteiger partial charge in [0.1, 0.15) is 0 Å². The van der Waals surface area contributed by atoms with E-state index in [1.54, 1.807) is 0 Å². The molecule has 0 aromatic heterocycles. The topological polar surface area (TPSA) is 38.7 Å². The molecule has 0 aliphatic carbocycles. The third-order valence-corrected chi connectivity index (χ3v) is 3.23. The van der Waals surface area contributed by atoms with Gasteiger partial charge < -0.3 is 15.3 Å². The number of nitrogens with one attached hydrogen (secondary N) is 1. The summed E-state index contributed by atoms with van der Waals surface area (Å²) in [6, 6.07) is 0. The Kier molecular flexibility index (Phi) is 7.77. The predicted molar refractivity (Wildman–Crippen MR) is 72.3 cm³/mol. The molecule has 4 nitrogen and oxygen atoms in total. The lowest BCUT2D eigenvalue weighted by molar-refractivity contribution is 0.0693. The highest BCUT2D eigenvalue weighted by Gasteiger charge is 2.16. The monoisotopic (exact) mass is 243 g/mol. The van der Waals surface area contributed by atoms with E-state index in [1.807, 2.05) is 0 Å². The first-order chi connectivity index (χ1) is 8.26. The largest absolute Gasteiger partial charge is 0.390 e. The van der Waals surface area contributed by atoms with Crippen LogP contribution in [-0.4, -0.2) is 73.4 Å². The molecule has 0 radical (unpaired) electrons. The van der Waals surface area contributed by atoms with Gasteiger partial charge in [-0.3, -0.25) is 4.90 Å². The number of aliphatic hydroxyl groups excluding tert-OH is 1. The number of hydrogen-bond donors (Lipinski definition) is 2. The van der Waals surface area contributed by atoms with Crippen molar-refractivity contribution >= 4 is 0 Å². The first-order valence-corrected chi connectivity index (χ1v) is 7.09. The zero-order chi connectivity index (χ0) is 12.5. The average molecular weight is 243 g/mol. The molecule has 0 aromatic carbocycles. The lowest BCUT2D eigenvalue weighted by atomic mass is 10.2. The van der Waals surface area contributed by atoms with Crippen molar-refractivity contribution in [3.05, 3.63) is 0 Å². The van der Waals surface area contributed by atoms with Crippen LogP contribution in [-0.2, 0) is 0 Å². The van der Waals surface area contributed by atoms with Crippen LogP contribution in [0.3, 0.4) is 0 Å². The van der Waals surface area contributed by atoms with Crippen LogP contribution in [0.2, 0.25) is 0 Å². The fraction of sp³-hybridized carbons (Fsp3) is 1.00. The minimum Gasteiger partial charge on any atom is -0.390 e. The fourth-order valence-corrected chi connectivity index (χ4v) is 2.47. The van der Waals surface area contributed by atoms with Crippen LogP contribution in [0.4, 0.5) is 0 Å². The quantitative estimate of drug-likeness (QED) is 0.646. The maximum atomic E-state index is 10.1. The molecule has 0 amide bonds. The van der Waals surface area contributed by atoms with Crippen LogP contribution in [0, 0.1) is 0 Å². The maximum absolute atomic E-state index is 10.1. The molecule has 1 aliphatic heterocycles. The van der Waals surface area contributed by atoms with Gasteiger partial charge in [-0.2, -0.15) is 0 Å². The van der Waals surface area contributed by atoms with Crippen molar-refractivity contribution in [3.63, 3.8) is 0 Å². The highest BCUT2D eigenvalue weighted by Crippen LogP contribution is 2.00. The Balaban J connectivity index is 2.22. The average Bonchev–Trinajstić information content (AvgIpc) is 2.30. The lowest BCUT2D eigenvalue weighted by Gasteiger charge is -2.31. The van der Waals surface area contributed by atoms with Crippen molar-refractivity contribution < 1.29 is 5.11 Å². The highest BCUT2D eigenvalue weighted by molar-refractivity contribution is 4.73. The van der Waals surface area contributed by atoms with Crippen molar-refractivity contribution in [2.75, 3.05) is 52.4 Å². The Labute approximate surface area is 106 Å². The van der Waals surface area contributed by atoms with Gasteiger partial charge in [-0.1, -0.05) is 13.8 Å². The van der Waals surface area contributed by atoms with Gasteiger partial charge in [0.2, 0.25) is 0 Å². The van der Waals surface area contributed by atoms with Gasteiger partial charge in [0, 0.05) is 39.3 Å². The van der Waals surface area contributed by atoms with Gasteiger partial charge in [-0.25, -0.2) is 0 Å². The molecule has 17 heavy (non-hydrogen) atoms. The van der Waals surface area contributed by atoms with Gasteiger partial charge in [-0.05, 0) is 25.9 Å². The Bertz CT molecular complexity index is 178. The summed E-state index contributed by atoms with van der Waals surface area (Å²) in [4.78, 5) is 4.74. The van der Waals surface area contributed by atoms with Crippen LogP contribution in [0.15, 0.2) is 0 Å². The van der Waals surface area contributed by atoms with Crippen molar-refractivity contribution in [1.29, 1.82) is 0 Å². The Morgan fingerprint density at radius 1 is 1.18 bits per heavy atom. The van der Waals surface area contributed by atoms with E-state index in [0.29, 0.717) is 0 Å². The standard InChI is InChI=1S/C13H29N3O/c1-3-7-15(8-4-2)11-13(17)12-16-9-5-14-6-10-16/h13-14,17H,3-12H2,1-2H3. The fourth-order valence-electron chi connectivity index (χ4n) is 2.47. The summed E-state index contributed by atoms with van der Waals surface area (Å²) >= 11 is 0. The van der Waals surface area contributed by atoms with Crippen LogP contribution < -0.4 is 5.32 Å². The third-order valence-electron chi connectivity index (χ3n) is 3.23. The summed E-state index contributed by atoms with van der Waals surface area (Å²) in [5.41, 5.74) is 0. The van der Waals surface area contributed by atoms with Gasteiger partial charge >= 0.3 is 0 Å². The van der Waals surface area contributed by atoms with E-state index < -0.39 is 0 Å². The van der Waals surface area contributed by atoms with E-state index in [0.717, 1.165) is 52.4 Å². The number of β-amino-alcohol motifs (C(OH)–C–C–N with tert-alkyl or cyclic N) is 1. The van der Waals surface area contributed by atoms with E-state index >= 15 is 0 Å². The Hall–Kier alpha value is -0.160. The van der Waals surface area contributed by atoms with Crippen LogP contribution in [0.1, 0.15) is 26.7 Å². The summed E-state index contributed by atoms with van der Waals surface area (Å²) in [6.07, 6.45) is 2.13. The Morgan fingerprint density at radius 3 is 2.29 bits per heavy atom. The summed E-state index contributed by atoms with van der Waals surface area (Å²) in [5, 5.41) is 13.5. The molecular weight excluding hydrogens is 214 g/mol. The molecule has 0 spiro atoms. The zero-order valence-electron chi connectivity index (χ0n) is 11.5. The molecule has 0 bridgehead atoms. The van der Waals surface area contributed by atoms with Crippen molar-refractivity contribution in [2.45, 2.75) is 32.8 Å². The number of hydrogen-bond acceptors (Lipinski definition) is 4. The first-order valence-electron chi connectivity index (χ1n) is 7.09. The van der Waals surface area contributed by atoms with Crippen molar-refractivity contribution in [1.82, 2.24) is 15.1 Å². The van der Waals surface area contributed by atoms with E-state index in [1.165, 1.54) is 12.8 Å². The first kappa shape index (κ1) is 14.9. The van der Waals surface area contributed by atoms with Gasteiger partial charge in [0.05, 0.1) is 6.10 Å². The van der Waals surface area contributed by atoms with Crippen LogP contribution in [0.5, 0.6) is 0 Å². The van der Waals surface area contributed by atoms with E-state index in [2.05, 4.69) is 29.0 Å². The van der Waals surface area contributed by atoms with Crippen LogP contribution >= 0.6 is 0 Å². The zero-order valence-corrected chi connectivity index (χ0v) is 11.5. The molecule has 1 atom stereocenters. The second kappa shape index (κ2) is 8.86. The molecule has 102 valence electrons. The number of aliphatic hydroxyl groups is 1. The molecule has 1 unspecified atom stereocenters. The summed E-state index contributed by atoms with van der Waals surface area (Å²) < 4.78 is 0. The van der Waals surface area contributed by atoms with E-state index in [-0.39, 0.29) is 6.10 Å². The van der Waals surface area contributed by atoms with Gasteiger partial charge in [0.25, 0.3) is 0 Å². The van der Waals surface area contributed by atoms with Gasteiger partial charge in [-0.15, -0.1) is 0 Å². The molecule has 0 aromatic rings. The number of piperazine rings is 1. The van der Waals surface area contributed by atoms with Gasteiger partial charge in [0.15, 0.2) is 0 Å². The Morgan fingerprint density at radius 2 is 1.76 bits per heavy atom. The summed E-state index contributed by atoms with van der Waals surface area (Å²) in [7, 11) is 0. The normalized spacial score (nSPS) is 19.8. The molecule has 1 fully saturated rings. The molecule has 0 saturated carbocycles. The minimum atomic E-state index is -0.203. The van der Waals surface area contributed by atoms with Crippen molar-refractivity contribution in [3.8, 4) is 0 Å². The molecule has 1 heterocycles. The smallest absolute Gasteiger partial charge is 0.0793 e. The second-order valence-corrected chi connectivity index (χ2v) is 5.01. The minimum absolute atomic E-state index is 0.203. The van der Waals surface area contributed by atoms with E-state index in [4.69, 9.17) is 0 Å². The molecular formula is C13H29N3O. The number of nitrogens with zero attached hydrogens (tertiary/aromatic N) is 2. The highest BCUT2D eigenvalue weighted by atomic mass is 16.3. The molecule has 1 rings (SSSR count). The molecule has 2 N–H and O–H groups in total. The molecule has 4 heteroatoms. The van der Waals surface area contributed by atoms with E-state index in [9.17, 15) is 5.11 Å². The summed E-state index contributed by atoms with van der Waals surface area (Å²) in [5.74, 6) is 0. The third kappa shape index (κ3) is 6.36. The van der Waals surface area contributed by atoms with Crippen LogP contribution in [0.25, 0.3) is 0 Å².